The van der Waals surface area contributed by atoms with Crippen LogP contribution >= 0.6 is 50.9 Å². The fraction of sp³-hybridized carbons (Fsp3) is 0.400. The first kappa shape index (κ1) is 15.0. The Bertz CT molecular complexity index is 535. The van der Waals surface area contributed by atoms with Crippen molar-refractivity contribution in [2.75, 3.05) is 11.4 Å². The minimum atomic E-state index is -0.145. The summed E-state index contributed by atoms with van der Waals surface area (Å²) in [5, 5.41) is 0.179. The van der Waals surface area contributed by atoms with E-state index < -0.39 is 0 Å². The summed E-state index contributed by atoms with van der Waals surface area (Å²) in [6.45, 7) is 1.85. The number of carbonyl (C=O) groups excluding carboxylic acids is 2. The average molecular weight is 385 g/mol. The second kappa shape index (κ2) is 5.95. The predicted molar refractivity (Wildman–Crippen MR) is 78.8 cm³/mol. The molecule has 1 fully saturated rings. The van der Waals surface area contributed by atoms with Gasteiger partial charge in [-0.05, 0) is 15.9 Å². The van der Waals surface area contributed by atoms with E-state index in [0.29, 0.717) is 11.0 Å². The fourth-order valence-electron chi connectivity index (χ4n) is 1.69. The van der Waals surface area contributed by atoms with Gasteiger partial charge in [0, 0.05) is 25.1 Å². The van der Waals surface area contributed by atoms with Crippen LogP contribution in [0.25, 0.3) is 0 Å². The van der Waals surface area contributed by atoms with Crippen molar-refractivity contribution in [1.82, 2.24) is 9.97 Å². The summed E-state index contributed by atoms with van der Waals surface area (Å²) < 4.78 is 0.390. The molecule has 0 radical (unpaired) electrons. The zero-order valence-electron chi connectivity index (χ0n) is 9.69. The predicted octanol–water partition coefficient (Wildman–Crippen LogP) is 2.93. The van der Waals surface area contributed by atoms with Gasteiger partial charge in [0.15, 0.2) is 5.12 Å². The summed E-state index contributed by atoms with van der Waals surface area (Å²) in [5.41, 5.74) is 0. The summed E-state index contributed by atoms with van der Waals surface area (Å²) in [5.74, 6) is 0.0167. The molecule has 102 valence electrons. The lowest BCUT2D eigenvalue weighted by molar-refractivity contribution is -0.117. The number of halogens is 3. The summed E-state index contributed by atoms with van der Waals surface area (Å²) in [7, 11) is 0. The highest BCUT2D eigenvalue weighted by molar-refractivity contribution is 9.10. The molecule has 9 heteroatoms. The van der Waals surface area contributed by atoms with Gasteiger partial charge in [0.2, 0.25) is 11.9 Å². The van der Waals surface area contributed by atoms with E-state index in [-0.39, 0.29) is 38.9 Å². The van der Waals surface area contributed by atoms with E-state index in [4.69, 9.17) is 23.2 Å². The molecule has 0 bridgehead atoms. The zero-order chi connectivity index (χ0) is 14.2. The molecular weight excluding hydrogens is 377 g/mol. The van der Waals surface area contributed by atoms with Crippen molar-refractivity contribution in [3.8, 4) is 0 Å². The quantitative estimate of drug-likeness (QED) is 0.733. The molecule has 1 unspecified atom stereocenters. The number of anilines is 1. The Morgan fingerprint density at radius 2 is 2.00 bits per heavy atom. The first-order chi connectivity index (χ1) is 8.88. The van der Waals surface area contributed by atoms with Crippen molar-refractivity contribution in [3.05, 3.63) is 14.8 Å². The smallest absolute Gasteiger partial charge is 0.235 e. The molecule has 2 rings (SSSR count). The van der Waals surface area contributed by atoms with Crippen LogP contribution in [0, 0.1) is 0 Å². The lowest BCUT2D eigenvalue weighted by Crippen LogP contribution is -2.27. The van der Waals surface area contributed by atoms with E-state index >= 15 is 0 Å². The van der Waals surface area contributed by atoms with E-state index in [0.717, 1.165) is 11.8 Å². The number of hydrogen-bond donors (Lipinski definition) is 0. The molecular formula is C10H8BrCl2N3O2S. The Morgan fingerprint density at radius 3 is 2.53 bits per heavy atom. The van der Waals surface area contributed by atoms with Gasteiger partial charge in [0.25, 0.3) is 0 Å². The van der Waals surface area contributed by atoms with Gasteiger partial charge >= 0.3 is 0 Å². The minimum Gasteiger partial charge on any atom is -0.288 e. The number of amides is 1. The van der Waals surface area contributed by atoms with Crippen LogP contribution in [0.3, 0.4) is 0 Å². The van der Waals surface area contributed by atoms with Crippen molar-refractivity contribution in [3.63, 3.8) is 0 Å². The van der Waals surface area contributed by atoms with E-state index in [1.54, 1.807) is 0 Å². The van der Waals surface area contributed by atoms with Crippen LogP contribution in [0.2, 0.25) is 10.3 Å². The van der Waals surface area contributed by atoms with E-state index in [1.807, 2.05) is 0 Å². The topological polar surface area (TPSA) is 63.2 Å². The first-order valence-electron chi connectivity index (χ1n) is 5.24. The van der Waals surface area contributed by atoms with Crippen LogP contribution in [0.4, 0.5) is 5.95 Å². The Morgan fingerprint density at radius 1 is 1.42 bits per heavy atom. The van der Waals surface area contributed by atoms with E-state index in [2.05, 4.69) is 25.9 Å². The zero-order valence-corrected chi connectivity index (χ0v) is 13.6. The highest BCUT2D eigenvalue weighted by Crippen LogP contribution is 2.32. The van der Waals surface area contributed by atoms with Crippen molar-refractivity contribution < 1.29 is 9.59 Å². The second-order valence-electron chi connectivity index (χ2n) is 3.86. The largest absolute Gasteiger partial charge is 0.288 e. The van der Waals surface area contributed by atoms with Crippen LogP contribution in [-0.4, -0.2) is 32.8 Å². The van der Waals surface area contributed by atoms with Gasteiger partial charge in [-0.3, -0.25) is 14.5 Å². The maximum absolute atomic E-state index is 11.9. The van der Waals surface area contributed by atoms with Crippen molar-refractivity contribution >= 4 is 67.9 Å². The van der Waals surface area contributed by atoms with Crippen LogP contribution in [-0.2, 0) is 9.59 Å². The van der Waals surface area contributed by atoms with Crippen LogP contribution in [0.5, 0.6) is 0 Å². The molecule has 0 aliphatic carbocycles. The van der Waals surface area contributed by atoms with Crippen LogP contribution in [0.1, 0.15) is 13.3 Å². The number of thioether (sulfide) groups is 1. The Labute approximate surface area is 132 Å². The normalized spacial score (nSPS) is 19.1. The molecule has 19 heavy (non-hydrogen) atoms. The maximum atomic E-state index is 11.9. The van der Waals surface area contributed by atoms with Gasteiger partial charge in [0.1, 0.15) is 10.3 Å². The van der Waals surface area contributed by atoms with Crippen molar-refractivity contribution in [1.29, 1.82) is 0 Å². The molecule has 1 amide bonds. The highest BCUT2D eigenvalue weighted by Gasteiger charge is 2.34. The van der Waals surface area contributed by atoms with E-state index in [1.165, 1.54) is 11.8 Å². The molecule has 0 N–H and O–H groups in total. The van der Waals surface area contributed by atoms with E-state index in [9.17, 15) is 9.59 Å². The molecule has 5 nitrogen and oxygen atoms in total. The molecule has 1 saturated heterocycles. The molecule has 2 heterocycles. The maximum Gasteiger partial charge on any atom is 0.235 e. The molecule has 1 aliphatic heterocycles. The lowest BCUT2D eigenvalue weighted by atomic mass is 10.4. The third-order valence-electron chi connectivity index (χ3n) is 2.42. The lowest BCUT2D eigenvalue weighted by Gasteiger charge is -2.14. The van der Waals surface area contributed by atoms with Crippen molar-refractivity contribution in [2.24, 2.45) is 0 Å². The van der Waals surface area contributed by atoms with Gasteiger partial charge in [-0.1, -0.05) is 35.0 Å². The van der Waals surface area contributed by atoms with Gasteiger partial charge < -0.3 is 0 Å². The van der Waals surface area contributed by atoms with Gasteiger partial charge in [-0.15, -0.1) is 0 Å². The van der Waals surface area contributed by atoms with Gasteiger partial charge in [-0.25, -0.2) is 0 Å². The number of hydrogen-bond acceptors (Lipinski definition) is 5. The summed E-state index contributed by atoms with van der Waals surface area (Å²) in [6.07, 6.45) is 0.277. The molecule has 0 saturated carbocycles. The number of carbonyl (C=O) groups is 2. The third kappa shape index (κ3) is 3.39. The fourth-order valence-corrected chi connectivity index (χ4v) is 3.16. The molecule has 0 spiro atoms. The SMILES string of the molecule is CC(=O)SC1CC(=O)N(c2nc(Cl)c(Br)c(Cl)n2)C1. The standard InChI is InChI=1S/C10H8BrCl2N3O2S/c1-4(17)19-5-2-6(18)16(3-5)10-14-8(12)7(11)9(13)15-10/h5H,2-3H2,1H3. The Hall–Kier alpha value is -0.370. The minimum absolute atomic E-state index is 0.0209. The molecule has 1 aliphatic rings. The number of nitrogens with zero attached hydrogens (tertiary/aromatic N) is 3. The molecule has 1 atom stereocenters. The number of aromatic nitrogens is 2. The summed E-state index contributed by atoms with van der Waals surface area (Å²) in [6, 6.07) is 0. The third-order valence-corrected chi connectivity index (χ3v) is 5.16. The average Bonchev–Trinajstić information content (AvgIpc) is 2.65. The van der Waals surface area contributed by atoms with Gasteiger partial charge in [0.05, 0.1) is 4.47 Å². The molecule has 0 aromatic carbocycles. The molecule has 1 aromatic heterocycles. The highest BCUT2D eigenvalue weighted by atomic mass is 79.9. The molecule has 1 aromatic rings. The second-order valence-corrected chi connectivity index (χ2v) is 6.85. The Kier molecular flexibility index (Phi) is 4.70. The van der Waals surface area contributed by atoms with Crippen LogP contribution in [0.15, 0.2) is 4.47 Å². The first-order valence-corrected chi connectivity index (χ1v) is 7.67. The van der Waals surface area contributed by atoms with Crippen molar-refractivity contribution in [2.45, 2.75) is 18.6 Å². The van der Waals surface area contributed by atoms with Crippen LogP contribution < -0.4 is 4.90 Å². The monoisotopic (exact) mass is 383 g/mol. The Balaban J connectivity index is 2.23. The number of rotatable bonds is 2. The summed E-state index contributed by atoms with van der Waals surface area (Å²) in [4.78, 5) is 32.4. The summed E-state index contributed by atoms with van der Waals surface area (Å²) >= 11 is 16.1. The van der Waals surface area contributed by atoms with Gasteiger partial charge in [-0.2, -0.15) is 9.97 Å².